The predicted octanol–water partition coefficient (Wildman–Crippen LogP) is 2.70. The first-order valence-corrected chi connectivity index (χ1v) is 4.58. The molecule has 0 atom stereocenters. The molecule has 1 aromatic carbocycles. The fourth-order valence-corrected chi connectivity index (χ4v) is 1.13. The molecule has 0 radical (unpaired) electrons. The fraction of sp³-hybridized carbons (Fsp3) is 0.364. The highest BCUT2D eigenvalue weighted by atomic mass is 19.1. The summed E-state index contributed by atoms with van der Waals surface area (Å²) in [4.78, 5) is 11.4. The van der Waals surface area contributed by atoms with Crippen LogP contribution in [0.5, 0.6) is 0 Å². The Morgan fingerprint density at radius 2 is 2.21 bits per heavy atom. The molecule has 0 bridgehead atoms. The first kappa shape index (κ1) is 10.7. The number of carbonyl (C=O) groups excluding carboxylic acids is 1. The van der Waals surface area contributed by atoms with Crippen LogP contribution in [0.15, 0.2) is 18.2 Å². The monoisotopic (exact) mass is 196 g/mol. The fourth-order valence-electron chi connectivity index (χ4n) is 1.13. The Bertz CT molecular complexity index is 334. The predicted molar refractivity (Wildman–Crippen MR) is 51.7 cm³/mol. The van der Waals surface area contributed by atoms with Crippen molar-refractivity contribution in [2.45, 2.75) is 20.3 Å². The summed E-state index contributed by atoms with van der Waals surface area (Å²) in [7, 11) is 0. The molecule has 0 aliphatic rings. The molecule has 0 saturated heterocycles. The van der Waals surface area contributed by atoms with Gasteiger partial charge in [-0.3, -0.25) is 0 Å². The lowest BCUT2D eigenvalue weighted by molar-refractivity contribution is 0.0504. The molecule has 1 rings (SSSR count). The number of rotatable bonds is 3. The van der Waals surface area contributed by atoms with Crippen molar-refractivity contribution in [3.05, 3.63) is 35.1 Å². The lowest BCUT2D eigenvalue weighted by Crippen LogP contribution is -2.07. The van der Waals surface area contributed by atoms with E-state index in [2.05, 4.69) is 0 Å². The zero-order valence-electron chi connectivity index (χ0n) is 8.34. The van der Waals surface area contributed by atoms with Crippen molar-refractivity contribution in [1.82, 2.24) is 0 Å². The Balaban J connectivity index is 2.80. The molecule has 2 nitrogen and oxygen atoms in total. The molecule has 3 heteroatoms. The highest BCUT2D eigenvalue weighted by Gasteiger charge is 2.09. The highest BCUT2D eigenvalue weighted by Crippen LogP contribution is 2.11. The lowest BCUT2D eigenvalue weighted by atomic mass is 10.1. The highest BCUT2D eigenvalue weighted by molar-refractivity contribution is 5.90. The van der Waals surface area contributed by atoms with Crippen molar-refractivity contribution >= 4 is 5.97 Å². The minimum atomic E-state index is -0.385. The molecule has 14 heavy (non-hydrogen) atoms. The molecule has 0 fully saturated rings. The van der Waals surface area contributed by atoms with E-state index in [1.165, 1.54) is 18.2 Å². The minimum Gasteiger partial charge on any atom is -0.462 e. The number of esters is 1. The van der Waals surface area contributed by atoms with Gasteiger partial charge in [0.05, 0.1) is 12.2 Å². The van der Waals surface area contributed by atoms with E-state index in [9.17, 15) is 9.18 Å². The van der Waals surface area contributed by atoms with Crippen LogP contribution in [0.1, 0.15) is 29.3 Å². The first-order chi connectivity index (χ1) is 6.65. The molecular weight excluding hydrogens is 183 g/mol. The summed E-state index contributed by atoms with van der Waals surface area (Å²) >= 11 is 0. The van der Waals surface area contributed by atoms with E-state index in [1.54, 1.807) is 6.92 Å². The molecule has 0 aromatic heterocycles. The standard InChI is InChI=1S/C11H13FO2/c1-3-6-14-11(13)10-5-4-9(12)7-8(10)2/h4-5,7H,3,6H2,1-2H3. The number of benzene rings is 1. The van der Waals surface area contributed by atoms with Gasteiger partial charge < -0.3 is 4.74 Å². The molecule has 76 valence electrons. The second-order valence-electron chi connectivity index (χ2n) is 3.10. The van der Waals surface area contributed by atoms with Crippen LogP contribution in [-0.2, 0) is 4.74 Å². The third-order valence-electron chi connectivity index (χ3n) is 1.85. The van der Waals surface area contributed by atoms with Crippen LogP contribution in [0.2, 0.25) is 0 Å². The number of ether oxygens (including phenoxy) is 1. The van der Waals surface area contributed by atoms with Crippen LogP contribution < -0.4 is 0 Å². The number of hydrogen-bond donors (Lipinski definition) is 0. The normalized spacial score (nSPS) is 9.93. The Kier molecular flexibility index (Phi) is 3.63. The van der Waals surface area contributed by atoms with Gasteiger partial charge in [0, 0.05) is 0 Å². The third kappa shape index (κ3) is 2.55. The Morgan fingerprint density at radius 3 is 2.79 bits per heavy atom. The maximum Gasteiger partial charge on any atom is 0.338 e. The van der Waals surface area contributed by atoms with Crippen molar-refractivity contribution in [2.24, 2.45) is 0 Å². The van der Waals surface area contributed by atoms with Gasteiger partial charge in [-0.15, -0.1) is 0 Å². The van der Waals surface area contributed by atoms with Gasteiger partial charge >= 0.3 is 5.97 Å². The van der Waals surface area contributed by atoms with Crippen LogP contribution in [0, 0.1) is 12.7 Å². The van der Waals surface area contributed by atoms with E-state index < -0.39 is 0 Å². The van der Waals surface area contributed by atoms with Crippen molar-refractivity contribution < 1.29 is 13.9 Å². The molecule has 0 N–H and O–H groups in total. The number of hydrogen-bond acceptors (Lipinski definition) is 2. The van der Waals surface area contributed by atoms with Crippen molar-refractivity contribution in [1.29, 1.82) is 0 Å². The van der Waals surface area contributed by atoms with Crippen LogP contribution in [0.3, 0.4) is 0 Å². The topological polar surface area (TPSA) is 26.3 Å². The van der Waals surface area contributed by atoms with Gasteiger partial charge in [0.1, 0.15) is 5.82 Å². The second kappa shape index (κ2) is 4.74. The largest absolute Gasteiger partial charge is 0.462 e. The second-order valence-corrected chi connectivity index (χ2v) is 3.10. The summed E-state index contributed by atoms with van der Waals surface area (Å²) in [5.41, 5.74) is 1.03. The SMILES string of the molecule is CCCOC(=O)c1ccc(F)cc1C. The Labute approximate surface area is 82.7 Å². The molecule has 0 unspecified atom stereocenters. The molecule has 0 aliphatic heterocycles. The van der Waals surface area contributed by atoms with Crippen LogP contribution in [-0.4, -0.2) is 12.6 Å². The zero-order chi connectivity index (χ0) is 10.6. The van der Waals surface area contributed by atoms with E-state index >= 15 is 0 Å². The summed E-state index contributed by atoms with van der Waals surface area (Å²) in [6.45, 7) is 4.01. The zero-order valence-corrected chi connectivity index (χ0v) is 8.34. The van der Waals surface area contributed by atoms with Gasteiger partial charge in [-0.05, 0) is 37.1 Å². The summed E-state index contributed by atoms with van der Waals surface area (Å²) in [6.07, 6.45) is 0.784. The van der Waals surface area contributed by atoms with Gasteiger partial charge in [-0.1, -0.05) is 6.92 Å². The van der Waals surface area contributed by atoms with Gasteiger partial charge in [0.15, 0.2) is 0 Å². The van der Waals surface area contributed by atoms with Crippen molar-refractivity contribution in [3.63, 3.8) is 0 Å². The summed E-state index contributed by atoms with van der Waals surface area (Å²) < 4.78 is 17.6. The van der Waals surface area contributed by atoms with Gasteiger partial charge in [-0.2, -0.15) is 0 Å². The number of halogens is 1. The van der Waals surface area contributed by atoms with Crippen LogP contribution in [0.4, 0.5) is 4.39 Å². The van der Waals surface area contributed by atoms with E-state index in [-0.39, 0.29) is 11.8 Å². The molecule has 1 aromatic rings. The smallest absolute Gasteiger partial charge is 0.338 e. The maximum atomic E-state index is 12.7. The lowest BCUT2D eigenvalue weighted by Gasteiger charge is -2.05. The molecule has 0 amide bonds. The van der Waals surface area contributed by atoms with Crippen LogP contribution in [0.25, 0.3) is 0 Å². The quantitative estimate of drug-likeness (QED) is 0.695. The van der Waals surface area contributed by atoms with Crippen molar-refractivity contribution in [2.75, 3.05) is 6.61 Å². The first-order valence-electron chi connectivity index (χ1n) is 4.58. The van der Waals surface area contributed by atoms with Gasteiger partial charge in [0.2, 0.25) is 0 Å². The van der Waals surface area contributed by atoms with Gasteiger partial charge in [0.25, 0.3) is 0 Å². The summed E-state index contributed by atoms with van der Waals surface area (Å²) in [6, 6.07) is 4.03. The molecular formula is C11H13FO2. The molecule has 0 aliphatic carbocycles. The third-order valence-corrected chi connectivity index (χ3v) is 1.85. The summed E-state index contributed by atoms with van der Waals surface area (Å²) in [5.74, 6) is -0.723. The molecule has 0 heterocycles. The maximum absolute atomic E-state index is 12.7. The average Bonchev–Trinajstić information content (AvgIpc) is 2.14. The Morgan fingerprint density at radius 1 is 1.50 bits per heavy atom. The average molecular weight is 196 g/mol. The van der Waals surface area contributed by atoms with E-state index in [0.29, 0.717) is 17.7 Å². The summed E-state index contributed by atoms with van der Waals surface area (Å²) in [5, 5.41) is 0. The number of carbonyl (C=O) groups is 1. The van der Waals surface area contributed by atoms with E-state index in [0.717, 1.165) is 6.42 Å². The molecule has 0 spiro atoms. The van der Waals surface area contributed by atoms with E-state index in [1.807, 2.05) is 6.92 Å². The van der Waals surface area contributed by atoms with Gasteiger partial charge in [-0.25, -0.2) is 9.18 Å². The van der Waals surface area contributed by atoms with E-state index in [4.69, 9.17) is 4.74 Å². The number of aryl methyl sites for hydroxylation is 1. The van der Waals surface area contributed by atoms with Crippen molar-refractivity contribution in [3.8, 4) is 0 Å². The van der Waals surface area contributed by atoms with Crippen LogP contribution >= 0.6 is 0 Å². The molecule has 0 saturated carbocycles. The minimum absolute atomic E-state index is 0.338. The Hall–Kier alpha value is -1.38.